The van der Waals surface area contributed by atoms with Gasteiger partial charge in [0.05, 0.1) is 12.3 Å². The Kier molecular flexibility index (Phi) is 9.00. The highest BCUT2D eigenvalue weighted by molar-refractivity contribution is 5.99. The van der Waals surface area contributed by atoms with E-state index in [1.54, 1.807) is 19.2 Å². The number of hydrogen-bond acceptors (Lipinski definition) is 5. The van der Waals surface area contributed by atoms with Gasteiger partial charge in [-0.3, -0.25) is 4.79 Å². The van der Waals surface area contributed by atoms with Crippen molar-refractivity contribution < 1.29 is 9.84 Å². The van der Waals surface area contributed by atoms with Gasteiger partial charge in [-0.1, -0.05) is 77.1 Å². The summed E-state index contributed by atoms with van der Waals surface area (Å²) in [5.74, 6) is 0.978. The minimum Gasteiger partial charge on any atom is -0.493 e. The highest BCUT2D eigenvalue weighted by Crippen LogP contribution is 2.38. The van der Waals surface area contributed by atoms with E-state index in [-0.39, 0.29) is 11.5 Å². The molecule has 6 nitrogen and oxygen atoms in total. The largest absolute Gasteiger partial charge is 0.493 e. The summed E-state index contributed by atoms with van der Waals surface area (Å²) >= 11 is 0. The minimum atomic E-state index is -1.58. The topological polar surface area (TPSA) is 87.0 Å². The molecule has 0 spiro atoms. The van der Waals surface area contributed by atoms with Crippen LogP contribution in [0.25, 0.3) is 22.0 Å². The predicted octanol–water partition coefficient (Wildman–Crippen LogP) is 7.06. The minimum absolute atomic E-state index is 0.175. The number of pyridine rings is 1. The van der Waals surface area contributed by atoms with Crippen LogP contribution in [0.2, 0.25) is 0 Å². The number of ether oxygens (including phenoxy) is 1. The van der Waals surface area contributed by atoms with Crippen molar-refractivity contribution in [3.05, 3.63) is 99.3 Å². The molecule has 3 aromatic carbocycles. The molecule has 2 heterocycles. The molecule has 1 aromatic heterocycles. The summed E-state index contributed by atoms with van der Waals surface area (Å²) in [5, 5.41) is 22.0. The predicted molar refractivity (Wildman–Crippen MR) is 166 cm³/mol. The van der Waals surface area contributed by atoms with E-state index in [0.717, 1.165) is 39.8 Å². The highest BCUT2D eigenvalue weighted by Gasteiger charge is 2.36. The Balaban J connectivity index is 0.00000181. The molecule has 6 heteroatoms. The van der Waals surface area contributed by atoms with Crippen LogP contribution >= 0.6 is 0 Å². The number of benzene rings is 3. The normalized spacial score (nSPS) is 16.9. The second-order valence-electron chi connectivity index (χ2n) is 10.2. The lowest BCUT2D eigenvalue weighted by Crippen LogP contribution is -2.35. The molecular weight excluding hydrogens is 498 g/mol. The quantitative estimate of drug-likeness (QED) is 0.216. The van der Waals surface area contributed by atoms with Crippen LogP contribution in [0, 0.1) is 5.92 Å². The Labute approximate surface area is 236 Å². The van der Waals surface area contributed by atoms with Crippen LogP contribution in [-0.4, -0.2) is 28.6 Å². The summed E-state index contributed by atoms with van der Waals surface area (Å²) in [5.41, 5.74) is 4.60. The number of rotatable bonds is 4. The number of aromatic amines is 1. The van der Waals surface area contributed by atoms with Crippen LogP contribution in [0.4, 0.5) is 0 Å². The Morgan fingerprint density at radius 3 is 2.58 bits per heavy atom. The third kappa shape index (κ3) is 5.77. The van der Waals surface area contributed by atoms with E-state index >= 15 is 0 Å². The molecule has 40 heavy (non-hydrogen) atoms. The lowest BCUT2D eigenvalue weighted by molar-refractivity contribution is 0.154. The number of H-pyrrole nitrogens is 1. The van der Waals surface area contributed by atoms with Crippen molar-refractivity contribution in [1.82, 2.24) is 4.98 Å². The Morgan fingerprint density at radius 1 is 1.07 bits per heavy atom. The number of nitrogens with one attached hydrogen (secondary N) is 1. The van der Waals surface area contributed by atoms with E-state index in [2.05, 4.69) is 34.2 Å². The van der Waals surface area contributed by atoms with Crippen molar-refractivity contribution in [2.24, 2.45) is 16.1 Å². The molecule has 1 aliphatic heterocycles. The zero-order valence-corrected chi connectivity index (χ0v) is 24.3. The molecular formula is C34H39N3O3. The lowest BCUT2D eigenvalue weighted by atomic mass is 9.81. The molecule has 5 rings (SSSR count). The van der Waals surface area contributed by atoms with Crippen molar-refractivity contribution in [2.75, 3.05) is 6.61 Å². The van der Waals surface area contributed by atoms with Crippen molar-refractivity contribution in [2.45, 2.75) is 60.0 Å². The SMILES string of the molecule is CC.CCc1ccc2cc1OCCc1cccc(c1)-c1cc(=O)[nH]c3ccc(cc13)C2(O)/C(C)=N/N=C\C(C)C. The molecule has 0 saturated carbocycles. The van der Waals surface area contributed by atoms with Crippen molar-refractivity contribution in [3.63, 3.8) is 0 Å². The first-order chi connectivity index (χ1) is 19.3. The number of aryl methyl sites for hydroxylation is 1. The van der Waals surface area contributed by atoms with Gasteiger partial charge in [-0.25, -0.2) is 0 Å². The Morgan fingerprint density at radius 2 is 1.82 bits per heavy atom. The third-order valence-corrected chi connectivity index (χ3v) is 7.11. The van der Waals surface area contributed by atoms with Crippen molar-refractivity contribution in [1.29, 1.82) is 0 Å². The molecule has 6 bridgehead atoms. The summed E-state index contributed by atoms with van der Waals surface area (Å²) < 4.78 is 6.29. The zero-order chi connectivity index (χ0) is 28.9. The molecule has 1 atom stereocenters. The van der Waals surface area contributed by atoms with E-state index in [1.165, 1.54) is 0 Å². The summed E-state index contributed by atoms with van der Waals surface area (Å²) in [6, 6.07) is 21.3. The number of aromatic nitrogens is 1. The fourth-order valence-electron chi connectivity index (χ4n) is 5.01. The zero-order valence-electron chi connectivity index (χ0n) is 24.3. The first-order valence-electron chi connectivity index (χ1n) is 14.1. The second-order valence-corrected chi connectivity index (χ2v) is 10.2. The van der Waals surface area contributed by atoms with Gasteiger partial charge in [0.25, 0.3) is 0 Å². The summed E-state index contributed by atoms with van der Waals surface area (Å²) in [7, 11) is 0. The lowest BCUT2D eigenvalue weighted by Gasteiger charge is -2.30. The average Bonchev–Trinajstić information content (AvgIpc) is 2.96. The molecule has 1 aliphatic rings. The molecule has 0 fully saturated rings. The van der Waals surface area contributed by atoms with Gasteiger partial charge in [0.1, 0.15) is 5.75 Å². The number of fused-ring (bicyclic) bond motifs is 6. The van der Waals surface area contributed by atoms with E-state index in [4.69, 9.17) is 4.74 Å². The van der Waals surface area contributed by atoms with Crippen LogP contribution in [-0.2, 0) is 18.4 Å². The van der Waals surface area contributed by atoms with E-state index in [1.807, 2.05) is 76.2 Å². The van der Waals surface area contributed by atoms with Crippen LogP contribution in [0.15, 0.2) is 81.7 Å². The number of hydrogen-bond donors (Lipinski definition) is 2. The highest BCUT2D eigenvalue weighted by atomic mass is 16.5. The molecule has 0 radical (unpaired) electrons. The van der Waals surface area contributed by atoms with Gasteiger partial charge in [0.15, 0.2) is 5.60 Å². The molecule has 4 aromatic rings. The Hall–Kier alpha value is -4.03. The van der Waals surface area contributed by atoms with Crippen LogP contribution in [0.5, 0.6) is 5.75 Å². The van der Waals surface area contributed by atoms with Gasteiger partial charge in [0.2, 0.25) is 5.56 Å². The molecule has 0 amide bonds. The van der Waals surface area contributed by atoms with Gasteiger partial charge in [-0.15, -0.1) is 0 Å². The summed E-state index contributed by atoms with van der Waals surface area (Å²) in [6.45, 7) is 12.4. The smallest absolute Gasteiger partial charge is 0.249 e. The van der Waals surface area contributed by atoms with Crippen LogP contribution in [0.1, 0.15) is 63.8 Å². The molecule has 0 aliphatic carbocycles. The van der Waals surface area contributed by atoms with Crippen LogP contribution in [0.3, 0.4) is 0 Å². The molecule has 1 unspecified atom stereocenters. The second kappa shape index (κ2) is 12.4. The maximum absolute atomic E-state index is 12.6. The fourth-order valence-corrected chi connectivity index (χ4v) is 5.01. The molecule has 208 valence electrons. The monoisotopic (exact) mass is 537 g/mol. The van der Waals surface area contributed by atoms with E-state index in [0.29, 0.717) is 35.4 Å². The summed E-state index contributed by atoms with van der Waals surface area (Å²) in [6.07, 6.45) is 3.27. The van der Waals surface area contributed by atoms with E-state index < -0.39 is 5.60 Å². The third-order valence-electron chi connectivity index (χ3n) is 7.11. The van der Waals surface area contributed by atoms with Gasteiger partial charge >= 0.3 is 0 Å². The van der Waals surface area contributed by atoms with Gasteiger partial charge in [-0.2, -0.15) is 10.2 Å². The number of aliphatic hydroxyl groups is 1. The Bertz CT molecular complexity index is 1620. The van der Waals surface area contributed by atoms with Crippen molar-refractivity contribution in [3.8, 4) is 16.9 Å². The number of nitrogens with zero attached hydrogens (tertiary/aromatic N) is 2. The van der Waals surface area contributed by atoms with Crippen LogP contribution < -0.4 is 10.3 Å². The maximum Gasteiger partial charge on any atom is 0.249 e. The van der Waals surface area contributed by atoms with E-state index in [9.17, 15) is 9.90 Å². The summed E-state index contributed by atoms with van der Waals surface area (Å²) in [4.78, 5) is 15.5. The molecule has 2 N–H and O–H groups in total. The first-order valence-corrected chi connectivity index (χ1v) is 14.1. The van der Waals surface area contributed by atoms with Gasteiger partial charge in [-0.05, 0) is 70.8 Å². The first kappa shape index (κ1) is 29.0. The average molecular weight is 538 g/mol. The fraction of sp³-hybridized carbons (Fsp3) is 0.324. The van der Waals surface area contributed by atoms with Gasteiger partial charge in [0, 0.05) is 29.6 Å². The van der Waals surface area contributed by atoms with Crippen molar-refractivity contribution >= 4 is 22.8 Å². The standard InChI is InChI=1S/C32H33N3O3.C2H6/c1-5-23-9-10-26-17-30(23)38-14-13-22-7-6-8-24(15-22)27-18-31(36)34-29-12-11-25(16-28(27)29)32(26,37)21(4)35-33-19-20(2)3;1-2/h6-12,15-20,37H,5,13-14H2,1-4H3,(H,34,36);1-2H3/b33-19-,35-21+;. The maximum atomic E-state index is 12.6. The molecule has 0 saturated heterocycles. The van der Waals surface area contributed by atoms with Gasteiger partial charge < -0.3 is 14.8 Å².